The maximum absolute atomic E-state index is 13.6. The number of rotatable bonds is 6. The van der Waals surface area contributed by atoms with Crippen LogP contribution in [0.5, 0.6) is 0 Å². The Hall–Kier alpha value is -1.31. The third-order valence-corrected chi connectivity index (χ3v) is 3.51. The molecular formula is C15H17F7O. The van der Waals surface area contributed by atoms with E-state index in [4.69, 9.17) is 4.74 Å². The van der Waals surface area contributed by atoms with Crippen LogP contribution in [-0.2, 0) is 4.74 Å². The minimum Gasteiger partial charge on any atom is -0.377 e. The highest BCUT2D eigenvalue weighted by Crippen LogP contribution is 2.50. The van der Waals surface area contributed by atoms with Crippen LogP contribution < -0.4 is 0 Å². The Morgan fingerprint density at radius 3 is 1.78 bits per heavy atom. The molecule has 0 radical (unpaired) electrons. The largest absolute Gasteiger partial charge is 0.459 e. The Bertz CT molecular complexity index is 523. The van der Waals surface area contributed by atoms with Gasteiger partial charge in [-0.2, -0.15) is 30.7 Å². The molecule has 0 spiro atoms. The molecule has 1 nitrogen and oxygen atoms in total. The molecule has 132 valence electrons. The van der Waals surface area contributed by atoms with Crippen LogP contribution >= 0.6 is 0 Å². The maximum atomic E-state index is 13.6. The normalized spacial score (nSPS) is 15.1. The summed E-state index contributed by atoms with van der Waals surface area (Å²) >= 11 is 0. The lowest BCUT2D eigenvalue weighted by molar-refractivity contribution is -0.358. The highest BCUT2D eigenvalue weighted by atomic mass is 19.4. The second kappa shape index (κ2) is 6.67. The standard InChI is InChI=1S/C15H17F7O/c1-9(2)10-6-4-5-7-11(10)12(23-3)8-13(16,17)14(18,19)15(20,21)22/h4-7,9,12H,8H2,1-3H3. The fourth-order valence-electron chi connectivity index (χ4n) is 2.22. The zero-order chi connectivity index (χ0) is 18.1. The number of hydrogen-bond donors (Lipinski definition) is 0. The monoisotopic (exact) mass is 346 g/mol. The van der Waals surface area contributed by atoms with Gasteiger partial charge in [-0.05, 0) is 17.0 Å². The number of hydrogen-bond acceptors (Lipinski definition) is 1. The van der Waals surface area contributed by atoms with Gasteiger partial charge in [0.05, 0.1) is 6.10 Å². The van der Waals surface area contributed by atoms with E-state index in [9.17, 15) is 30.7 Å². The summed E-state index contributed by atoms with van der Waals surface area (Å²) in [5.41, 5.74) is 0.716. The number of halogens is 7. The van der Waals surface area contributed by atoms with E-state index in [-0.39, 0.29) is 11.5 Å². The SMILES string of the molecule is COC(CC(F)(F)C(F)(F)C(F)(F)F)c1ccccc1C(C)C. The van der Waals surface area contributed by atoms with Crippen LogP contribution in [0, 0.1) is 0 Å². The van der Waals surface area contributed by atoms with Gasteiger partial charge >= 0.3 is 18.0 Å². The summed E-state index contributed by atoms with van der Waals surface area (Å²) in [5.74, 6) is -11.6. The minimum atomic E-state index is -6.34. The van der Waals surface area contributed by atoms with Crippen molar-refractivity contribution in [3.05, 3.63) is 35.4 Å². The summed E-state index contributed by atoms with van der Waals surface area (Å²) in [5, 5.41) is 0. The topological polar surface area (TPSA) is 9.23 Å². The summed E-state index contributed by atoms with van der Waals surface area (Å²) in [4.78, 5) is 0. The average molecular weight is 346 g/mol. The molecule has 8 heteroatoms. The molecule has 0 amide bonds. The third kappa shape index (κ3) is 3.97. The van der Waals surface area contributed by atoms with Crippen molar-refractivity contribution in [2.24, 2.45) is 0 Å². The van der Waals surface area contributed by atoms with Crippen LogP contribution in [-0.4, -0.2) is 25.1 Å². The number of ether oxygens (including phenoxy) is 1. The summed E-state index contributed by atoms with van der Waals surface area (Å²) in [6.07, 6.45) is -9.71. The van der Waals surface area contributed by atoms with Crippen molar-refractivity contribution >= 4 is 0 Å². The van der Waals surface area contributed by atoms with Gasteiger partial charge in [-0.3, -0.25) is 0 Å². The first-order chi connectivity index (χ1) is 10.3. The first-order valence-electron chi connectivity index (χ1n) is 6.79. The smallest absolute Gasteiger partial charge is 0.377 e. The lowest BCUT2D eigenvalue weighted by atomic mass is 9.90. The second-order valence-electron chi connectivity index (χ2n) is 5.49. The van der Waals surface area contributed by atoms with Crippen molar-refractivity contribution in [2.75, 3.05) is 7.11 Å². The van der Waals surface area contributed by atoms with Gasteiger partial charge in [-0.15, -0.1) is 0 Å². The molecule has 0 N–H and O–H groups in total. The fourth-order valence-corrected chi connectivity index (χ4v) is 2.22. The van der Waals surface area contributed by atoms with Crippen LogP contribution in [0.2, 0.25) is 0 Å². The van der Waals surface area contributed by atoms with Crippen LogP contribution in [0.3, 0.4) is 0 Å². The molecule has 1 aromatic rings. The molecule has 0 aliphatic carbocycles. The van der Waals surface area contributed by atoms with Gasteiger partial charge in [0.15, 0.2) is 0 Å². The van der Waals surface area contributed by atoms with Gasteiger partial charge in [-0.1, -0.05) is 38.1 Å². The van der Waals surface area contributed by atoms with E-state index in [0.29, 0.717) is 5.56 Å². The Morgan fingerprint density at radius 2 is 1.39 bits per heavy atom. The highest BCUT2D eigenvalue weighted by molar-refractivity contribution is 5.32. The Kier molecular flexibility index (Phi) is 5.72. The molecule has 0 bridgehead atoms. The molecule has 0 saturated heterocycles. The molecular weight excluding hydrogens is 329 g/mol. The van der Waals surface area contributed by atoms with Gasteiger partial charge in [0, 0.05) is 13.5 Å². The molecule has 0 fully saturated rings. The Morgan fingerprint density at radius 1 is 0.913 bits per heavy atom. The number of benzene rings is 1. The van der Waals surface area contributed by atoms with E-state index in [1.54, 1.807) is 26.0 Å². The van der Waals surface area contributed by atoms with Crippen molar-refractivity contribution in [1.82, 2.24) is 0 Å². The predicted molar refractivity (Wildman–Crippen MR) is 70.8 cm³/mol. The van der Waals surface area contributed by atoms with Gasteiger partial charge in [-0.25, -0.2) is 0 Å². The van der Waals surface area contributed by atoms with Crippen LogP contribution in [0.15, 0.2) is 24.3 Å². The lowest BCUT2D eigenvalue weighted by Gasteiger charge is -2.31. The molecule has 0 aliphatic heterocycles. The summed E-state index contributed by atoms with van der Waals surface area (Å²) in [7, 11) is 0.990. The molecule has 23 heavy (non-hydrogen) atoms. The molecule has 0 aliphatic rings. The predicted octanol–water partition coefficient (Wildman–Crippen LogP) is 5.72. The van der Waals surface area contributed by atoms with Crippen molar-refractivity contribution in [2.45, 2.75) is 50.3 Å². The summed E-state index contributed by atoms with van der Waals surface area (Å²) < 4.78 is 94.8. The first kappa shape index (κ1) is 19.7. The fraction of sp³-hybridized carbons (Fsp3) is 0.600. The zero-order valence-corrected chi connectivity index (χ0v) is 12.7. The van der Waals surface area contributed by atoms with Gasteiger partial charge < -0.3 is 4.74 Å². The van der Waals surface area contributed by atoms with E-state index in [0.717, 1.165) is 7.11 Å². The molecule has 0 aromatic heterocycles. The van der Waals surface area contributed by atoms with E-state index < -0.39 is 30.5 Å². The average Bonchev–Trinajstić information content (AvgIpc) is 2.43. The summed E-state index contributed by atoms with van der Waals surface area (Å²) in [6.45, 7) is 3.49. The van der Waals surface area contributed by atoms with Gasteiger partial charge in [0.2, 0.25) is 0 Å². The van der Waals surface area contributed by atoms with E-state index in [1.165, 1.54) is 12.1 Å². The molecule has 1 unspecified atom stereocenters. The second-order valence-corrected chi connectivity index (χ2v) is 5.49. The van der Waals surface area contributed by atoms with Crippen molar-refractivity contribution in [3.8, 4) is 0 Å². The maximum Gasteiger partial charge on any atom is 0.459 e. The van der Waals surface area contributed by atoms with Crippen LogP contribution in [0.1, 0.15) is 43.4 Å². The quantitative estimate of drug-likeness (QED) is 0.599. The van der Waals surface area contributed by atoms with E-state index in [1.807, 2.05) is 0 Å². The van der Waals surface area contributed by atoms with Crippen molar-refractivity contribution in [1.29, 1.82) is 0 Å². The summed E-state index contributed by atoms with van der Waals surface area (Å²) in [6, 6.07) is 6.07. The van der Waals surface area contributed by atoms with Crippen molar-refractivity contribution in [3.63, 3.8) is 0 Å². The number of methoxy groups -OCH3 is 1. The number of alkyl halides is 7. The first-order valence-corrected chi connectivity index (χ1v) is 6.79. The minimum absolute atomic E-state index is 0.138. The van der Waals surface area contributed by atoms with E-state index in [2.05, 4.69) is 0 Å². The van der Waals surface area contributed by atoms with Gasteiger partial charge in [0.1, 0.15) is 0 Å². The van der Waals surface area contributed by atoms with Crippen molar-refractivity contribution < 1.29 is 35.5 Å². The molecule has 1 rings (SSSR count). The van der Waals surface area contributed by atoms with E-state index >= 15 is 0 Å². The highest BCUT2D eigenvalue weighted by Gasteiger charge is 2.73. The zero-order valence-electron chi connectivity index (χ0n) is 12.7. The molecule has 1 aromatic carbocycles. The van der Waals surface area contributed by atoms with Crippen LogP contribution in [0.4, 0.5) is 30.7 Å². The van der Waals surface area contributed by atoms with Crippen LogP contribution in [0.25, 0.3) is 0 Å². The molecule has 1 atom stereocenters. The Labute approximate surface area is 129 Å². The van der Waals surface area contributed by atoms with Gasteiger partial charge in [0.25, 0.3) is 0 Å². The Balaban J connectivity index is 3.19. The lowest BCUT2D eigenvalue weighted by Crippen LogP contribution is -2.52. The molecule has 0 heterocycles. The molecule has 0 saturated carbocycles. The third-order valence-electron chi connectivity index (χ3n) is 3.51.